The zero-order chi connectivity index (χ0) is 16.9. The topological polar surface area (TPSA) is 26.3 Å². The van der Waals surface area contributed by atoms with Crippen LogP contribution in [0.25, 0.3) is 16.3 Å². The summed E-state index contributed by atoms with van der Waals surface area (Å²) in [6, 6.07) is 14.7. The van der Waals surface area contributed by atoms with Gasteiger partial charge in [-0.3, -0.25) is 4.79 Å². The summed E-state index contributed by atoms with van der Waals surface area (Å²) in [7, 11) is 1.72. The minimum absolute atomic E-state index is 0.172. The molecule has 1 atom stereocenters. The Hall–Kier alpha value is -1.84. The summed E-state index contributed by atoms with van der Waals surface area (Å²) in [5, 5.41) is 2.41. The number of benzene rings is 2. The van der Waals surface area contributed by atoms with Crippen LogP contribution in [-0.4, -0.2) is 24.4 Å². The normalized spacial score (nSPS) is 21.2. The van der Waals surface area contributed by atoms with Gasteiger partial charge in [0.05, 0.1) is 0 Å². The van der Waals surface area contributed by atoms with Gasteiger partial charge in [0, 0.05) is 20.1 Å². The first-order chi connectivity index (χ1) is 11.7. The van der Waals surface area contributed by atoms with Gasteiger partial charge < -0.3 is 4.74 Å². The predicted molar refractivity (Wildman–Crippen MR) is 103 cm³/mol. The fraction of sp³-hybridized carbons (Fsp3) is 0.333. The summed E-state index contributed by atoms with van der Waals surface area (Å²) in [5.41, 5.74) is 2.21. The van der Waals surface area contributed by atoms with E-state index in [0.717, 1.165) is 28.8 Å². The number of carbonyl (C=O) groups is 1. The molecule has 0 aliphatic heterocycles. The van der Waals surface area contributed by atoms with Gasteiger partial charge in [-0.05, 0) is 64.1 Å². The van der Waals surface area contributed by atoms with Crippen molar-refractivity contribution in [2.45, 2.75) is 25.7 Å². The van der Waals surface area contributed by atoms with Crippen molar-refractivity contribution in [2.24, 2.45) is 5.92 Å². The third-order valence-corrected chi connectivity index (χ3v) is 5.20. The van der Waals surface area contributed by atoms with Crippen LogP contribution in [0.5, 0.6) is 0 Å². The molecule has 3 heteroatoms. The lowest BCUT2D eigenvalue weighted by Crippen LogP contribution is -2.19. The molecule has 124 valence electrons. The predicted octanol–water partition coefficient (Wildman–Crippen LogP) is 5.00. The molecule has 2 aromatic rings. The molecule has 0 saturated carbocycles. The number of fused-ring (bicyclic) bond motifs is 1. The van der Waals surface area contributed by atoms with Crippen molar-refractivity contribution in [3.8, 4) is 0 Å². The molecule has 1 unspecified atom stereocenters. The molecule has 0 amide bonds. The fourth-order valence-electron chi connectivity index (χ4n) is 3.27. The third kappa shape index (κ3) is 3.97. The van der Waals surface area contributed by atoms with Crippen molar-refractivity contribution in [1.29, 1.82) is 0 Å². The molecule has 3 rings (SSSR count). The Morgan fingerprint density at radius 1 is 1.12 bits per heavy atom. The van der Waals surface area contributed by atoms with Crippen molar-refractivity contribution < 1.29 is 9.53 Å². The van der Waals surface area contributed by atoms with Crippen LogP contribution < -0.4 is 0 Å². The highest BCUT2D eigenvalue weighted by Gasteiger charge is 2.21. The highest BCUT2D eigenvalue weighted by Crippen LogP contribution is 2.31. The lowest BCUT2D eigenvalue weighted by molar-refractivity contribution is -0.114. The van der Waals surface area contributed by atoms with Crippen molar-refractivity contribution in [2.75, 3.05) is 13.7 Å². The third-order valence-electron chi connectivity index (χ3n) is 4.67. The van der Waals surface area contributed by atoms with Gasteiger partial charge in [0.1, 0.15) is 0 Å². The zero-order valence-electron chi connectivity index (χ0n) is 14.0. The Bertz CT molecular complexity index is 791. The maximum absolute atomic E-state index is 12.2. The van der Waals surface area contributed by atoms with Crippen LogP contribution >= 0.6 is 12.2 Å². The molecule has 2 nitrogen and oxygen atoms in total. The Balaban J connectivity index is 1.95. The average molecular weight is 338 g/mol. The molecule has 2 aromatic carbocycles. The van der Waals surface area contributed by atoms with Crippen LogP contribution in [-0.2, 0) is 9.53 Å². The quantitative estimate of drug-likeness (QED) is 0.734. The molecule has 0 heterocycles. The van der Waals surface area contributed by atoms with Gasteiger partial charge in [0.25, 0.3) is 0 Å². The minimum atomic E-state index is 0.172. The Morgan fingerprint density at radius 3 is 2.71 bits per heavy atom. The number of allylic oxidation sites excluding steroid dienone is 2. The van der Waals surface area contributed by atoms with Crippen molar-refractivity contribution in [1.82, 2.24) is 0 Å². The van der Waals surface area contributed by atoms with Crippen molar-refractivity contribution >= 4 is 39.2 Å². The first-order valence-corrected chi connectivity index (χ1v) is 8.82. The number of rotatable bonds is 4. The van der Waals surface area contributed by atoms with Gasteiger partial charge in [-0.2, -0.15) is 0 Å². The maximum atomic E-state index is 12.2. The molecule has 0 bridgehead atoms. The van der Waals surface area contributed by atoms with Crippen LogP contribution in [0.4, 0.5) is 0 Å². The average Bonchev–Trinajstić information content (AvgIpc) is 2.60. The lowest BCUT2D eigenvalue weighted by atomic mass is 9.84. The molecule has 0 radical (unpaired) electrons. The second-order valence-corrected chi connectivity index (χ2v) is 6.87. The Morgan fingerprint density at radius 2 is 1.92 bits per heavy atom. The second-order valence-electron chi connectivity index (χ2n) is 6.35. The monoisotopic (exact) mass is 338 g/mol. The van der Waals surface area contributed by atoms with E-state index in [2.05, 4.69) is 30.3 Å². The molecule has 0 N–H and O–H groups in total. The molecule has 0 fully saturated rings. The van der Waals surface area contributed by atoms with E-state index in [4.69, 9.17) is 17.0 Å². The van der Waals surface area contributed by atoms with Crippen LogP contribution in [0, 0.1) is 5.92 Å². The largest absolute Gasteiger partial charge is 0.385 e. The summed E-state index contributed by atoms with van der Waals surface area (Å²) < 4.78 is 5.24. The molecule has 24 heavy (non-hydrogen) atoms. The van der Waals surface area contributed by atoms with Gasteiger partial charge >= 0.3 is 0 Å². The van der Waals surface area contributed by atoms with Gasteiger partial charge in [-0.15, -0.1) is 0 Å². The number of ketones is 1. The van der Waals surface area contributed by atoms with Gasteiger partial charge in [0.2, 0.25) is 0 Å². The first-order valence-electron chi connectivity index (χ1n) is 8.41. The van der Waals surface area contributed by atoms with E-state index < -0.39 is 0 Å². The number of carbonyl (C=O) groups excluding carboxylic acids is 1. The number of ether oxygens (including phenoxy) is 1. The highest BCUT2D eigenvalue weighted by molar-refractivity contribution is 7.80. The first kappa shape index (κ1) is 17.0. The molecule has 0 saturated heterocycles. The summed E-state index contributed by atoms with van der Waals surface area (Å²) in [5.74, 6) is 0.469. The van der Waals surface area contributed by atoms with Gasteiger partial charge in [-0.25, -0.2) is 0 Å². The smallest absolute Gasteiger partial charge is 0.156 e. The van der Waals surface area contributed by atoms with Crippen LogP contribution in [0.15, 0.2) is 48.5 Å². The van der Waals surface area contributed by atoms with Crippen molar-refractivity contribution in [3.05, 3.63) is 54.1 Å². The molecule has 1 aliphatic rings. The Labute approximate surface area is 148 Å². The Kier molecular flexibility index (Phi) is 5.54. The lowest BCUT2D eigenvalue weighted by Gasteiger charge is -2.22. The highest BCUT2D eigenvalue weighted by atomic mass is 32.1. The maximum Gasteiger partial charge on any atom is 0.156 e. The van der Waals surface area contributed by atoms with Crippen LogP contribution in [0.2, 0.25) is 0 Å². The minimum Gasteiger partial charge on any atom is -0.385 e. The van der Waals surface area contributed by atoms with E-state index in [0.29, 0.717) is 25.4 Å². The number of hydrogen-bond donors (Lipinski definition) is 0. The van der Waals surface area contributed by atoms with Gasteiger partial charge in [-0.1, -0.05) is 48.6 Å². The van der Waals surface area contributed by atoms with Gasteiger partial charge in [0.15, 0.2) is 5.78 Å². The van der Waals surface area contributed by atoms with E-state index in [9.17, 15) is 4.79 Å². The molecular formula is C21H22O2S. The van der Waals surface area contributed by atoms with E-state index in [1.165, 1.54) is 10.8 Å². The summed E-state index contributed by atoms with van der Waals surface area (Å²) in [6.07, 6.45) is 4.77. The molecule has 0 aromatic heterocycles. The number of thiocarbonyl (C=S) groups is 1. The standard InChI is InChI=1S/C21H22O2S/c1-23-11-10-18-13-19(14-20(22)8-9-21(18)24)17-7-6-15-4-2-3-5-16(15)12-17/h2-7,12,14,18H,8-11,13H2,1H3/b19-14+. The summed E-state index contributed by atoms with van der Waals surface area (Å²) in [4.78, 5) is 13.2. The molecule has 0 spiro atoms. The summed E-state index contributed by atoms with van der Waals surface area (Å²) in [6.45, 7) is 0.698. The van der Waals surface area contributed by atoms with E-state index >= 15 is 0 Å². The van der Waals surface area contributed by atoms with Crippen molar-refractivity contribution in [3.63, 3.8) is 0 Å². The number of methoxy groups -OCH3 is 1. The zero-order valence-corrected chi connectivity index (χ0v) is 14.8. The molecule has 1 aliphatic carbocycles. The van der Waals surface area contributed by atoms with E-state index in [-0.39, 0.29) is 5.78 Å². The fourth-order valence-corrected chi connectivity index (χ4v) is 3.57. The van der Waals surface area contributed by atoms with E-state index in [1.807, 2.05) is 18.2 Å². The van der Waals surface area contributed by atoms with Crippen LogP contribution in [0.1, 0.15) is 31.2 Å². The number of hydrogen-bond acceptors (Lipinski definition) is 3. The SMILES string of the molecule is COCCC1C/C(c2ccc3ccccc3c2)=C\C(=O)CCC1=S. The summed E-state index contributed by atoms with van der Waals surface area (Å²) >= 11 is 5.59. The van der Waals surface area contributed by atoms with Crippen LogP contribution in [0.3, 0.4) is 0 Å². The second kappa shape index (κ2) is 7.82. The van der Waals surface area contributed by atoms with E-state index in [1.54, 1.807) is 7.11 Å². The molecular weight excluding hydrogens is 316 g/mol.